The fourth-order valence-corrected chi connectivity index (χ4v) is 4.58. The van der Waals surface area contributed by atoms with Gasteiger partial charge in [-0.2, -0.15) is 13.2 Å². The van der Waals surface area contributed by atoms with Crippen LogP contribution in [0.5, 0.6) is 0 Å². The minimum atomic E-state index is -4.77. The molecule has 1 saturated heterocycles. The first-order valence-corrected chi connectivity index (χ1v) is 11.6. The number of carbonyl (C=O) groups excluding carboxylic acids is 1. The maximum Gasteiger partial charge on any atom is 0.417 e. The molecule has 0 unspecified atom stereocenters. The highest BCUT2D eigenvalue weighted by atomic mass is 32.1. The van der Waals surface area contributed by atoms with Crippen LogP contribution in [-0.4, -0.2) is 51.5 Å². The van der Waals surface area contributed by atoms with Crippen molar-refractivity contribution in [1.29, 1.82) is 0 Å². The Kier molecular flexibility index (Phi) is 6.26. The highest BCUT2D eigenvalue weighted by Crippen LogP contribution is 2.37. The maximum absolute atomic E-state index is 13.5. The summed E-state index contributed by atoms with van der Waals surface area (Å²) in [4.78, 5) is 23.9. The number of alkyl halides is 3. The number of thiazole rings is 1. The van der Waals surface area contributed by atoms with Crippen LogP contribution < -0.4 is 5.32 Å². The first kappa shape index (κ1) is 23.4. The fraction of sp³-hybridized carbons (Fsp3) is 0.261. The van der Waals surface area contributed by atoms with Crippen molar-refractivity contribution in [3.63, 3.8) is 0 Å². The molecule has 35 heavy (non-hydrogen) atoms. The smallest absolute Gasteiger partial charge is 0.379 e. The van der Waals surface area contributed by atoms with Crippen LogP contribution in [0.4, 0.5) is 22.7 Å². The number of fused-ring (bicyclic) bond motifs is 1. The van der Waals surface area contributed by atoms with Crippen molar-refractivity contribution in [1.82, 2.24) is 19.3 Å². The molecule has 0 atom stereocenters. The van der Waals surface area contributed by atoms with Crippen molar-refractivity contribution < 1.29 is 27.1 Å². The number of hydrogen-bond donors (Lipinski definition) is 1. The number of ether oxygens (including phenoxy) is 1. The number of anilines is 1. The number of pyridine rings is 1. The number of nitrogens with zero attached hydrogens (tertiary/aromatic N) is 4. The second-order valence-electron chi connectivity index (χ2n) is 7.95. The summed E-state index contributed by atoms with van der Waals surface area (Å²) in [5.41, 5.74) is -0.282. The molecular weight excluding hydrogens is 486 g/mol. The van der Waals surface area contributed by atoms with Crippen molar-refractivity contribution in [2.75, 3.05) is 31.6 Å². The van der Waals surface area contributed by atoms with Gasteiger partial charge in [0.25, 0.3) is 5.91 Å². The average molecular weight is 505 g/mol. The third-order valence-electron chi connectivity index (χ3n) is 5.55. The Hall–Kier alpha value is -3.35. The fourth-order valence-electron chi connectivity index (χ4n) is 3.88. The molecule has 7 nitrogen and oxygen atoms in total. The van der Waals surface area contributed by atoms with E-state index in [0.29, 0.717) is 31.0 Å². The number of morpholine rings is 1. The maximum atomic E-state index is 13.5. The molecule has 0 bridgehead atoms. The zero-order valence-electron chi connectivity index (χ0n) is 18.2. The van der Waals surface area contributed by atoms with Crippen LogP contribution in [0.1, 0.15) is 21.6 Å². The van der Waals surface area contributed by atoms with Crippen LogP contribution in [0.3, 0.4) is 0 Å². The summed E-state index contributed by atoms with van der Waals surface area (Å²) in [6.07, 6.45) is -1.82. The van der Waals surface area contributed by atoms with Crippen molar-refractivity contribution in [2.24, 2.45) is 0 Å². The molecule has 0 radical (unpaired) electrons. The summed E-state index contributed by atoms with van der Waals surface area (Å²) in [7, 11) is 0. The van der Waals surface area contributed by atoms with E-state index in [1.165, 1.54) is 28.0 Å². The molecule has 0 spiro atoms. The van der Waals surface area contributed by atoms with Gasteiger partial charge in [-0.3, -0.25) is 15.0 Å². The standard InChI is InChI=1S/C23H19F4N5O2S/c24-14-3-4-16(18(10-14)23(25,26)27)19-12-32-5-1-2-17(20(32)29-19)21(33)30-22-28-15(13-35-22)11-31-6-8-34-9-7-31/h1-5,10,12-13H,6-9,11H2,(H,28,30,33). The monoisotopic (exact) mass is 505 g/mol. The van der Waals surface area contributed by atoms with Gasteiger partial charge >= 0.3 is 6.18 Å². The van der Waals surface area contributed by atoms with Gasteiger partial charge in [-0.05, 0) is 30.3 Å². The lowest BCUT2D eigenvalue weighted by Crippen LogP contribution is -2.35. The Morgan fingerprint density at radius 3 is 2.74 bits per heavy atom. The van der Waals surface area contributed by atoms with E-state index < -0.39 is 23.5 Å². The Balaban J connectivity index is 1.40. The normalized spacial score (nSPS) is 15.0. The third-order valence-corrected chi connectivity index (χ3v) is 6.36. The van der Waals surface area contributed by atoms with Gasteiger partial charge in [-0.25, -0.2) is 14.4 Å². The zero-order chi connectivity index (χ0) is 24.6. The lowest BCUT2D eigenvalue weighted by atomic mass is 10.0. The third kappa shape index (κ3) is 5.04. The predicted octanol–water partition coefficient (Wildman–Crippen LogP) is 4.70. The number of imidazole rings is 1. The number of halogens is 4. The Bertz CT molecular complexity index is 1380. The molecule has 1 aliphatic rings. The van der Waals surface area contributed by atoms with Crippen molar-refractivity contribution in [3.05, 3.63) is 70.7 Å². The molecule has 0 saturated carbocycles. The number of rotatable bonds is 5. The summed E-state index contributed by atoms with van der Waals surface area (Å²) in [6.45, 7) is 3.62. The van der Waals surface area contributed by atoms with Crippen molar-refractivity contribution >= 4 is 28.0 Å². The number of nitrogens with one attached hydrogen (secondary N) is 1. The molecule has 1 N–H and O–H groups in total. The molecule has 182 valence electrons. The van der Waals surface area contributed by atoms with Crippen LogP contribution >= 0.6 is 11.3 Å². The molecule has 0 aliphatic carbocycles. The van der Waals surface area contributed by atoms with Crippen LogP contribution in [-0.2, 0) is 17.5 Å². The molecule has 12 heteroatoms. The number of aromatic nitrogens is 3. The highest BCUT2D eigenvalue weighted by molar-refractivity contribution is 7.14. The number of benzene rings is 1. The highest BCUT2D eigenvalue weighted by Gasteiger charge is 2.35. The second kappa shape index (κ2) is 9.36. The van der Waals surface area contributed by atoms with Gasteiger partial charge in [0.1, 0.15) is 11.5 Å². The molecule has 1 amide bonds. The summed E-state index contributed by atoms with van der Waals surface area (Å²) in [5.74, 6) is -1.49. The molecule has 1 aliphatic heterocycles. The van der Waals surface area contributed by atoms with Gasteiger partial charge in [0, 0.05) is 43.0 Å². The predicted molar refractivity (Wildman–Crippen MR) is 122 cm³/mol. The first-order chi connectivity index (χ1) is 16.8. The number of carbonyl (C=O) groups is 1. The van der Waals surface area contributed by atoms with Crippen LogP contribution in [0.2, 0.25) is 0 Å². The average Bonchev–Trinajstić information content (AvgIpc) is 3.45. The van der Waals surface area contributed by atoms with E-state index in [-0.39, 0.29) is 22.5 Å². The summed E-state index contributed by atoms with van der Waals surface area (Å²) in [6, 6.07) is 5.53. The van der Waals surface area contributed by atoms with E-state index in [1.54, 1.807) is 12.3 Å². The van der Waals surface area contributed by atoms with Crippen LogP contribution in [0.15, 0.2) is 48.1 Å². The summed E-state index contributed by atoms with van der Waals surface area (Å²) >= 11 is 1.29. The molecule has 4 heterocycles. The van der Waals surface area contributed by atoms with Crippen LogP contribution in [0, 0.1) is 5.82 Å². The number of hydrogen-bond acceptors (Lipinski definition) is 6. The SMILES string of the molecule is O=C(Nc1nc(CN2CCOCC2)cs1)c1cccn2cc(-c3ccc(F)cc3C(F)(F)F)nc12. The minimum Gasteiger partial charge on any atom is -0.379 e. The lowest BCUT2D eigenvalue weighted by molar-refractivity contribution is -0.137. The van der Waals surface area contributed by atoms with Gasteiger partial charge in [-0.15, -0.1) is 11.3 Å². The van der Waals surface area contributed by atoms with Crippen LogP contribution in [0.25, 0.3) is 16.9 Å². The molecule has 4 aromatic rings. The topological polar surface area (TPSA) is 71.8 Å². The van der Waals surface area contributed by atoms with E-state index in [4.69, 9.17) is 4.74 Å². The Labute approximate surface area is 201 Å². The first-order valence-electron chi connectivity index (χ1n) is 10.7. The van der Waals surface area contributed by atoms with E-state index in [1.807, 2.05) is 5.38 Å². The zero-order valence-corrected chi connectivity index (χ0v) is 19.0. The second-order valence-corrected chi connectivity index (χ2v) is 8.81. The molecule has 5 rings (SSSR count). The van der Waals surface area contributed by atoms with Crippen molar-refractivity contribution in [2.45, 2.75) is 12.7 Å². The quantitative estimate of drug-likeness (QED) is 0.398. The van der Waals surface area contributed by atoms with E-state index in [2.05, 4.69) is 20.2 Å². The van der Waals surface area contributed by atoms with Gasteiger partial charge in [0.05, 0.1) is 35.7 Å². The largest absolute Gasteiger partial charge is 0.417 e. The molecule has 1 aromatic carbocycles. The van der Waals surface area contributed by atoms with Gasteiger partial charge in [0.15, 0.2) is 5.13 Å². The van der Waals surface area contributed by atoms with E-state index in [9.17, 15) is 22.4 Å². The summed E-state index contributed by atoms with van der Waals surface area (Å²) in [5, 5.41) is 5.02. The van der Waals surface area contributed by atoms with Gasteiger partial charge in [-0.1, -0.05) is 0 Å². The lowest BCUT2D eigenvalue weighted by Gasteiger charge is -2.25. The summed E-state index contributed by atoms with van der Waals surface area (Å²) < 4.78 is 60.8. The van der Waals surface area contributed by atoms with E-state index in [0.717, 1.165) is 30.9 Å². The molecule has 1 fully saturated rings. The molecular formula is C23H19F4N5O2S. The Morgan fingerprint density at radius 1 is 1.17 bits per heavy atom. The molecule has 3 aromatic heterocycles. The van der Waals surface area contributed by atoms with Crippen molar-refractivity contribution in [3.8, 4) is 11.3 Å². The van der Waals surface area contributed by atoms with Gasteiger partial charge < -0.3 is 9.14 Å². The minimum absolute atomic E-state index is 0.0281. The Morgan fingerprint density at radius 2 is 1.97 bits per heavy atom. The van der Waals surface area contributed by atoms with Gasteiger partial charge in [0.2, 0.25) is 0 Å². The van der Waals surface area contributed by atoms with E-state index >= 15 is 0 Å². The number of amides is 1.